The van der Waals surface area contributed by atoms with Crippen LogP contribution in [0.5, 0.6) is 0 Å². The van der Waals surface area contributed by atoms with Gasteiger partial charge >= 0.3 is 5.69 Å². The van der Waals surface area contributed by atoms with Crippen LogP contribution in [0.1, 0.15) is 26.2 Å². The third kappa shape index (κ3) is 2.93. The second kappa shape index (κ2) is 4.69. The van der Waals surface area contributed by atoms with Crippen molar-refractivity contribution in [2.24, 2.45) is 5.92 Å². The molecule has 1 aliphatic carbocycles. The molecule has 1 aromatic carbocycles. The lowest BCUT2D eigenvalue weighted by atomic mass is 10.1. The van der Waals surface area contributed by atoms with Gasteiger partial charge in [0, 0.05) is 6.04 Å². The standard InChI is InChI=1S/C12H15FN2O2/c1-8(7-9-5-6-9)14-11-4-2-3-10(13)12(11)15(16)17/h2-4,8-9,14H,5-7H2,1H3. The van der Waals surface area contributed by atoms with Gasteiger partial charge in [0.25, 0.3) is 0 Å². The van der Waals surface area contributed by atoms with Gasteiger partial charge in [-0.1, -0.05) is 18.9 Å². The number of nitro benzene ring substituents is 1. The summed E-state index contributed by atoms with van der Waals surface area (Å²) in [6.07, 6.45) is 3.45. The van der Waals surface area contributed by atoms with Crippen molar-refractivity contribution >= 4 is 11.4 Å². The molecule has 4 nitrogen and oxygen atoms in total. The Bertz CT molecular complexity index is 433. The molecule has 2 rings (SSSR count). The van der Waals surface area contributed by atoms with Crippen LogP contribution in [0.25, 0.3) is 0 Å². The molecule has 1 unspecified atom stereocenters. The van der Waals surface area contributed by atoms with E-state index in [4.69, 9.17) is 0 Å². The van der Waals surface area contributed by atoms with E-state index in [1.54, 1.807) is 6.07 Å². The lowest BCUT2D eigenvalue weighted by Crippen LogP contribution is -2.17. The molecule has 0 amide bonds. The average Bonchev–Trinajstić information content (AvgIpc) is 3.00. The number of nitro groups is 1. The Labute approximate surface area is 99.0 Å². The Morgan fingerprint density at radius 3 is 2.88 bits per heavy atom. The molecule has 92 valence electrons. The van der Waals surface area contributed by atoms with Gasteiger partial charge in [-0.3, -0.25) is 10.1 Å². The van der Waals surface area contributed by atoms with E-state index >= 15 is 0 Å². The van der Waals surface area contributed by atoms with Gasteiger partial charge in [-0.05, 0) is 31.4 Å². The summed E-state index contributed by atoms with van der Waals surface area (Å²) in [5.74, 6) is -0.0660. The van der Waals surface area contributed by atoms with Gasteiger partial charge in [-0.2, -0.15) is 4.39 Å². The fraction of sp³-hybridized carbons (Fsp3) is 0.500. The molecule has 0 saturated heterocycles. The van der Waals surface area contributed by atoms with Crippen molar-refractivity contribution in [1.82, 2.24) is 0 Å². The molecule has 0 aromatic heterocycles. The minimum Gasteiger partial charge on any atom is -0.377 e. The van der Waals surface area contributed by atoms with Crippen molar-refractivity contribution in [2.45, 2.75) is 32.2 Å². The van der Waals surface area contributed by atoms with Gasteiger partial charge in [0.2, 0.25) is 5.82 Å². The van der Waals surface area contributed by atoms with Crippen LogP contribution in [0.3, 0.4) is 0 Å². The predicted molar refractivity (Wildman–Crippen MR) is 63.5 cm³/mol. The van der Waals surface area contributed by atoms with Gasteiger partial charge in [0.05, 0.1) is 4.92 Å². The van der Waals surface area contributed by atoms with E-state index in [9.17, 15) is 14.5 Å². The zero-order chi connectivity index (χ0) is 12.4. The molecule has 1 aliphatic rings. The van der Waals surface area contributed by atoms with Crippen LogP contribution in [0.15, 0.2) is 18.2 Å². The van der Waals surface area contributed by atoms with Gasteiger partial charge in [0.1, 0.15) is 5.69 Å². The smallest absolute Gasteiger partial charge is 0.327 e. The van der Waals surface area contributed by atoms with E-state index in [-0.39, 0.29) is 11.7 Å². The number of hydrogen-bond donors (Lipinski definition) is 1. The van der Waals surface area contributed by atoms with E-state index in [2.05, 4.69) is 5.32 Å². The van der Waals surface area contributed by atoms with E-state index in [0.29, 0.717) is 0 Å². The minimum absolute atomic E-state index is 0.128. The first-order valence-electron chi connectivity index (χ1n) is 5.77. The Kier molecular flexibility index (Phi) is 3.26. The van der Waals surface area contributed by atoms with Crippen molar-refractivity contribution < 1.29 is 9.31 Å². The Morgan fingerprint density at radius 1 is 1.59 bits per heavy atom. The van der Waals surface area contributed by atoms with Gasteiger partial charge in [0.15, 0.2) is 0 Å². The highest BCUT2D eigenvalue weighted by molar-refractivity contribution is 5.62. The maximum Gasteiger partial charge on any atom is 0.327 e. The Morgan fingerprint density at radius 2 is 2.29 bits per heavy atom. The molecule has 1 aromatic rings. The average molecular weight is 238 g/mol. The van der Waals surface area contributed by atoms with Crippen LogP contribution in [0.2, 0.25) is 0 Å². The van der Waals surface area contributed by atoms with Crippen LogP contribution < -0.4 is 5.32 Å². The van der Waals surface area contributed by atoms with E-state index in [0.717, 1.165) is 18.4 Å². The first-order valence-corrected chi connectivity index (χ1v) is 5.77. The highest BCUT2D eigenvalue weighted by atomic mass is 19.1. The monoisotopic (exact) mass is 238 g/mol. The number of nitrogens with zero attached hydrogens (tertiary/aromatic N) is 1. The van der Waals surface area contributed by atoms with Crippen LogP contribution in [-0.2, 0) is 0 Å². The lowest BCUT2D eigenvalue weighted by Gasteiger charge is -2.14. The maximum absolute atomic E-state index is 13.3. The Hall–Kier alpha value is -1.65. The van der Waals surface area contributed by atoms with Crippen molar-refractivity contribution in [3.63, 3.8) is 0 Å². The molecule has 1 N–H and O–H groups in total. The summed E-state index contributed by atoms with van der Waals surface area (Å²) in [4.78, 5) is 10.1. The highest BCUT2D eigenvalue weighted by Gasteiger charge is 2.25. The molecule has 1 atom stereocenters. The van der Waals surface area contributed by atoms with E-state index < -0.39 is 16.4 Å². The largest absolute Gasteiger partial charge is 0.377 e. The number of anilines is 1. The SMILES string of the molecule is CC(CC1CC1)Nc1cccc(F)c1[N+](=O)[O-]. The summed E-state index contributed by atoms with van der Waals surface area (Å²) in [7, 11) is 0. The molecule has 1 fully saturated rings. The van der Waals surface area contributed by atoms with E-state index in [1.807, 2.05) is 6.92 Å². The first kappa shape index (κ1) is 11.8. The number of rotatable bonds is 5. The summed E-state index contributed by atoms with van der Waals surface area (Å²) < 4.78 is 13.3. The lowest BCUT2D eigenvalue weighted by molar-refractivity contribution is -0.386. The molecule has 0 aliphatic heterocycles. The van der Waals surface area contributed by atoms with Crippen molar-refractivity contribution in [3.8, 4) is 0 Å². The molecule has 0 spiro atoms. The third-order valence-corrected chi connectivity index (χ3v) is 2.96. The van der Waals surface area contributed by atoms with Gasteiger partial charge < -0.3 is 5.32 Å². The zero-order valence-electron chi connectivity index (χ0n) is 9.65. The predicted octanol–water partition coefficient (Wildman–Crippen LogP) is 3.33. The summed E-state index contributed by atoms with van der Waals surface area (Å²) >= 11 is 0. The topological polar surface area (TPSA) is 55.2 Å². The zero-order valence-corrected chi connectivity index (χ0v) is 9.65. The van der Waals surface area contributed by atoms with Gasteiger partial charge in [-0.15, -0.1) is 0 Å². The van der Waals surface area contributed by atoms with E-state index in [1.165, 1.54) is 18.9 Å². The quantitative estimate of drug-likeness (QED) is 0.632. The molecule has 1 saturated carbocycles. The second-order valence-corrected chi connectivity index (χ2v) is 4.62. The molecule has 0 heterocycles. The molecular formula is C12H15FN2O2. The number of para-hydroxylation sites is 1. The number of halogens is 1. The maximum atomic E-state index is 13.3. The van der Waals surface area contributed by atoms with Crippen LogP contribution in [0, 0.1) is 21.8 Å². The summed E-state index contributed by atoms with van der Waals surface area (Å²) in [6.45, 7) is 1.97. The number of benzene rings is 1. The minimum atomic E-state index is -0.793. The van der Waals surface area contributed by atoms with Crippen LogP contribution >= 0.6 is 0 Å². The number of hydrogen-bond acceptors (Lipinski definition) is 3. The van der Waals surface area contributed by atoms with Crippen molar-refractivity contribution in [1.29, 1.82) is 0 Å². The van der Waals surface area contributed by atoms with Gasteiger partial charge in [-0.25, -0.2) is 0 Å². The number of nitrogens with one attached hydrogen (secondary N) is 1. The van der Waals surface area contributed by atoms with Crippen LogP contribution in [-0.4, -0.2) is 11.0 Å². The second-order valence-electron chi connectivity index (χ2n) is 4.62. The fourth-order valence-electron chi connectivity index (χ4n) is 2.00. The summed E-state index contributed by atoms with van der Waals surface area (Å²) in [5.41, 5.74) is -0.196. The van der Waals surface area contributed by atoms with Crippen molar-refractivity contribution in [2.75, 3.05) is 5.32 Å². The molecule has 17 heavy (non-hydrogen) atoms. The molecule has 0 bridgehead atoms. The normalized spacial score (nSPS) is 16.6. The molecule has 5 heteroatoms. The molecular weight excluding hydrogens is 223 g/mol. The third-order valence-electron chi connectivity index (χ3n) is 2.96. The summed E-state index contributed by atoms with van der Waals surface area (Å²) in [5, 5.41) is 13.8. The van der Waals surface area contributed by atoms with Crippen LogP contribution in [0.4, 0.5) is 15.8 Å². The van der Waals surface area contributed by atoms with Crippen molar-refractivity contribution in [3.05, 3.63) is 34.1 Å². The fourth-order valence-corrected chi connectivity index (χ4v) is 2.00. The summed E-state index contributed by atoms with van der Waals surface area (Å²) in [6, 6.07) is 4.26. The Balaban J connectivity index is 2.13. The first-order chi connectivity index (χ1) is 8.08. The highest BCUT2D eigenvalue weighted by Crippen LogP contribution is 2.35. The molecule has 0 radical (unpaired) electrons.